The first-order valence-electron chi connectivity index (χ1n) is 5.42. The van der Waals surface area contributed by atoms with Crippen LogP contribution in [0.25, 0.3) is 0 Å². The molecule has 0 amide bonds. The predicted molar refractivity (Wildman–Crippen MR) is 80.7 cm³/mol. The molecular formula is C12H8BrClF2N2O2S. The Kier molecular flexibility index (Phi) is 4.40. The van der Waals surface area contributed by atoms with Crippen molar-refractivity contribution >= 4 is 48.9 Å². The van der Waals surface area contributed by atoms with Gasteiger partial charge in [-0.1, -0.05) is 11.6 Å². The molecule has 3 N–H and O–H groups in total. The molecule has 2 aromatic rings. The number of halogens is 4. The zero-order valence-corrected chi connectivity index (χ0v) is 13.4. The molecule has 0 unspecified atom stereocenters. The lowest BCUT2D eigenvalue weighted by Crippen LogP contribution is -2.14. The highest BCUT2D eigenvalue weighted by Crippen LogP contribution is 2.29. The summed E-state index contributed by atoms with van der Waals surface area (Å²) >= 11 is 8.59. The van der Waals surface area contributed by atoms with E-state index in [1.807, 2.05) is 0 Å². The topological polar surface area (TPSA) is 72.2 Å². The van der Waals surface area contributed by atoms with Gasteiger partial charge in [0.2, 0.25) is 0 Å². The van der Waals surface area contributed by atoms with Gasteiger partial charge in [-0.3, -0.25) is 4.72 Å². The van der Waals surface area contributed by atoms with Crippen LogP contribution >= 0.6 is 27.5 Å². The zero-order valence-electron chi connectivity index (χ0n) is 10.2. The number of nitrogens with two attached hydrogens (primary N) is 1. The Morgan fingerprint density at radius 2 is 1.81 bits per heavy atom. The Hall–Kier alpha value is -1.38. The van der Waals surface area contributed by atoms with Crippen molar-refractivity contribution < 1.29 is 17.2 Å². The largest absolute Gasteiger partial charge is 0.396 e. The lowest BCUT2D eigenvalue weighted by atomic mass is 10.3. The number of benzene rings is 2. The predicted octanol–water partition coefficient (Wildman–Crippen LogP) is 3.76. The van der Waals surface area contributed by atoms with Gasteiger partial charge in [0, 0.05) is 9.50 Å². The summed E-state index contributed by atoms with van der Waals surface area (Å²) < 4.78 is 53.0. The molecule has 9 heteroatoms. The van der Waals surface area contributed by atoms with E-state index < -0.39 is 21.7 Å². The summed E-state index contributed by atoms with van der Waals surface area (Å²) in [6.45, 7) is 0. The van der Waals surface area contributed by atoms with Gasteiger partial charge in [0.25, 0.3) is 10.0 Å². The van der Waals surface area contributed by atoms with Gasteiger partial charge in [-0.25, -0.2) is 17.2 Å². The van der Waals surface area contributed by atoms with Crippen molar-refractivity contribution in [2.75, 3.05) is 10.5 Å². The van der Waals surface area contributed by atoms with E-state index in [0.29, 0.717) is 0 Å². The maximum Gasteiger partial charge on any atom is 0.263 e. The van der Waals surface area contributed by atoms with Crippen molar-refractivity contribution in [3.63, 3.8) is 0 Å². The molecule has 0 aliphatic heterocycles. The first kappa shape index (κ1) is 16.0. The molecule has 112 valence electrons. The molecule has 0 radical (unpaired) electrons. The average molecular weight is 398 g/mol. The molecule has 0 bridgehead atoms. The normalized spacial score (nSPS) is 11.4. The molecule has 0 aromatic heterocycles. The van der Waals surface area contributed by atoms with E-state index in [-0.39, 0.29) is 25.8 Å². The van der Waals surface area contributed by atoms with Gasteiger partial charge >= 0.3 is 0 Å². The molecule has 0 fully saturated rings. The molecule has 2 aromatic carbocycles. The Morgan fingerprint density at radius 3 is 2.43 bits per heavy atom. The Labute approximate surface area is 133 Å². The fraction of sp³-hybridized carbons (Fsp3) is 0. The fourth-order valence-electron chi connectivity index (χ4n) is 1.57. The molecule has 21 heavy (non-hydrogen) atoms. The van der Waals surface area contributed by atoms with Crippen LogP contribution in [-0.4, -0.2) is 8.42 Å². The number of rotatable bonds is 3. The standard InChI is InChI=1S/C12H8BrClF2N2O2S/c13-9-4-10(16)11(17)5-12(9)21(19,20)18-8-2-6(14)1-7(15)3-8/h1-5,18H,17H2. The van der Waals surface area contributed by atoms with Crippen LogP contribution in [-0.2, 0) is 10.0 Å². The smallest absolute Gasteiger partial charge is 0.263 e. The molecular weight excluding hydrogens is 390 g/mol. The summed E-state index contributed by atoms with van der Waals surface area (Å²) in [6.07, 6.45) is 0. The van der Waals surface area contributed by atoms with Crippen LogP contribution in [0.5, 0.6) is 0 Å². The molecule has 0 atom stereocenters. The molecule has 0 aliphatic carbocycles. The van der Waals surface area contributed by atoms with Crippen molar-refractivity contribution in [1.82, 2.24) is 0 Å². The highest BCUT2D eigenvalue weighted by molar-refractivity contribution is 9.10. The maximum absolute atomic E-state index is 13.2. The van der Waals surface area contributed by atoms with Gasteiger partial charge in [0.05, 0.1) is 11.4 Å². The lowest BCUT2D eigenvalue weighted by molar-refractivity contribution is 0.599. The molecule has 4 nitrogen and oxygen atoms in total. The van der Waals surface area contributed by atoms with Gasteiger partial charge < -0.3 is 5.73 Å². The van der Waals surface area contributed by atoms with Gasteiger partial charge in [0.1, 0.15) is 16.5 Å². The number of hydrogen-bond donors (Lipinski definition) is 2. The number of sulfonamides is 1. The molecule has 0 spiro atoms. The van der Waals surface area contributed by atoms with E-state index in [4.69, 9.17) is 17.3 Å². The molecule has 0 saturated heterocycles. The summed E-state index contributed by atoms with van der Waals surface area (Å²) in [5, 5.41) is 0.0328. The van der Waals surface area contributed by atoms with Crippen LogP contribution < -0.4 is 10.5 Å². The van der Waals surface area contributed by atoms with Crippen LogP contribution in [0.2, 0.25) is 5.02 Å². The molecule has 2 rings (SSSR count). The van der Waals surface area contributed by atoms with Crippen molar-refractivity contribution in [2.24, 2.45) is 0 Å². The van der Waals surface area contributed by atoms with Gasteiger partial charge in [-0.15, -0.1) is 0 Å². The maximum atomic E-state index is 13.2. The monoisotopic (exact) mass is 396 g/mol. The highest BCUT2D eigenvalue weighted by Gasteiger charge is 2.20. The summed E-state index contributed by atoms with van der Waals surface area (Å²) in [5.74, 6) is -1.45. The number of anilines is 2. The summed E-state index contributed by atoms with van der Waals surface area (Å²) in [7, 11) is -4.09. The second-order valence-electron chi connectivity index (χ2n) is 4.07. The van der Waals surface area contributed by atoms with Crippen LogP contribution in [0.1, 0.15) is 0 Å². The number of nitrogen functional groups attached to an aromatic ring is 1. The Bertz CT molecular complexity index is 795. The molecule has 0 saturated carbocycles. The minimum absolute atomic E-state index is 0.0100. The summed E-state index contributed by atoms with van der Waals surface area (Å²) in [4.78, 5) is -0.276. The lowest BCUT2D eigenvalue weighted by Gasteiger charge is -2.11. The Balaban J connectivity index is 2.45. The third-order valence-electron chi connectivity index (χ3n) is 2.46. The van der Waals surface area contributed by atoms with E-state index in [1.54, 1.807) is 0 Å². The van der Waals surface area contributed by atoms with Gasteiger partial charge in [-0.05, 0) is 46.3 Å². The van der Waals surface area contributed by atoms with E-state index in [2.05, 4.69) is 20.7 Å². The minimum atomic E-state index is -4.09. The summed E-state index contributed by atoms with van der Waals surface area (Å²) in [6, 6.07) is 5.13. The fourth-order valence-corrected chi connectivity index (χ4v) is 3.89. The van der Waals surface area contributed by atoms with Crippen molar-refractivity contribution in [1.29, 1.82) is 0 Å². The van der Waals surface area contributed by atoms with Crippen molar-refractivity contribution in [3.8, 4) is 0 Å². The van der Waals surface area contributed by atoms with Gasteiger partial charge in [0.15, 0.2) is 0 Å². The quantitative estimate of drug-likeness (QED) is 0.775. The van der Waals surface area contributed by atoms with Crippen molar-refractivity contribution in [3.05, 3.63) is 51.5 Å². The SMILES string of the molecule is Nc1cc(S(=O)(=O)Nc2cc(F)cc(Cl)c2)c(Br)cc1F. The second-order valence-corrected chi connectivity index (χ2v) is 7.01. The number of nitrogens with one attached hydrogen (secondary N) is 1. The van der Waals surface area contributed by atoms with E-state index in [0.717, 1.165) is 24.3 Å². The third kappa shape index (κ3) is 3.63. The van der Waals surface area contributed by atoms with Crippen LogP contribution in [0.3, 0.4) is 0 Å². The van der Waals surface area contributed by atoms with E-state index >= 15 is 0 Å². The first-order valence-corrected chi connectivity index (χ1v) is 8.08. The first-order chi connectivity index (χ1) is 9.69. The van der Waals surface area contributed by atoms with Crippen LogP contribution in [0.15, 0.2) is 39.7 Å². The molecule has 0 aliphatic rings. The minimum Gasteiger partial charge on any atom is -0.396 e. The Morgan fingerprint density at radius 1 is 1.14 bits per heavy atom. The van der Waals surface area contributed by atoms with E-state index in [1.165, 1.54) is 6.07 Å². The summed E-state index contributed by atoms with van der Waals surface area (Å²) in [5.41, 5.74) is 4.97. The van der Waals surface area contributed by atoms with E-state index in [9.17, 15) is 17.2 Å². The van der Waals surface area contributed by atoms with Gasteiger partial charge in [-0.2, -0.15) is 0 Å². The third-order valence-corrected chi connectivity index (χ3v) is 5.01. The average Bonchev–Trinajstić information content (AvgIpc) is 2.31. The van der Waals surface area contributed by atoms with Crippen LogP contribution in [0, 0.1) is 11.6 Å². The van der Waals surface area contributed by atoms with Crippen LogP contribution in [0.4, 0.5) is 20.2 Å². The highest BCUT2D eigenvalue weighted by atomic mass is 79.9. The zero-order chi connectivity index (χ0) is 15.8. The molecule has 0 heterocycles. The second kappa shape index (κ2) is 5.78. The number of hydrogen-bond acceptors (Lipinski definition) is 3. The van der Waals surface area contributed by atoms with Crippen molar-refractivity contribution in [2.45, 2.75) is 4.90 Å².